The van der Waals surface area contributed by atoms with E-state index >= 15 is 0 Å². The van der Waals surface area contributed by atoms with Gasteiger partial charge in [0, 0.05) is 10.4 Å². The van der Waals surface area contributed by atoms with Crippen molar-refractivity contribution in [2.24, 2.45) is 0 Å². The Morgan fingerprint density at radius 2 is 2.11 bits per heavy atom. The number of benzene rings is 1. The lowest BCUT2D eigenvalue weighted by Crippen LogP contribution is -2.45. The Labute approximate surface area is 119 Å². The molecule has 1 rings (SSSR count). The topological polar surface area (TPSA) is 32.3 Å². The van der Waals surface area contributed by atoms with Crippen molar-refractivity contribution in [2.45, 2.75) is 37.1 Å². The number of hydrogen-bond donors (Lipinski definition) is 2. The zero-order valence-electron chi connectivity index (χ0n) is 11.1. The molecule has 0 fully saturated rings. The Morgan fingerprint density at radius 1 is 1.39 bits per heavy atom. The summed E-state index contributed by atoms with van der Waals surface area (Å²) in [7, 11) is 0. The molecule has 1 aromatic carbocycles. The van der Waals surface area contributed by atoms with Gasteiger partial charge in [-0.3, -0.25) is 0 Å². The summed E-state index contributed by atoms with van der Waals surface area (Å²) in [6.07, 6.45) is 2.02. The first kappa shape index (κ1) is 15.8. The lowest BCUT2D eigenvalue weighted by Gasteiger charge is -2.28. The second-order valence-corrected chi connectivity index (χ2v) is 6.18. The zero-order chi connectivity index (χ0) is 13.4. The van der Waals surface area contributed by atoms with Crippen LogP contribution in [0.5, 0.6) is 0 Å². The summed E-state index contributed by atoms with van der Waals surface area (Å²) in [5, 5.41) is 13.5. The summed E-state index contributed by atoms with van der Waals surface area (Å²) >= 11 is 7.87. The fourth-order valence-electron chi connectivity index (χ4n) is 1.86. The van der Waals surface area contributed by atoms with Gasteiger partial charge < -0.3 is 10.4 Å². The quantitative estimate of drug-likeness (QED) is 0.566. The van der Waals surface area contributed by atoms with Crippen LogP contribution in [-0.4, -0.2) is 29.5 Å². The molecule has 0 spiro atoms. The summed E-state index contributed by atoms with van der Waals surface area (Å²) in [5.74, 6) is 1.02. The second-order valence-electron chi connectivity index (χ2n) is 4.63. The molecule has 1 atom stereocenters. The van der Waals surface area contributed by atoms with E-state index in [0.29, 0.717) is 0 Å². The van der Waals surface area contributed by atoms with E-state index in [1.165, 1.54) is 0 Å². The van der Waals surface area contributed by atoms with Gasteiger partial charge in [0.15, 0.2) is 0 Å². The maximum absolute atomic E-state index is 9.39. The van der Waals surface area contributed by atoms with Crippen LogP contribution in [0.4, 0.5) is 0 Å². The number of aliphatic hydroxyl groups excluding tert-OH is 1. The first-order valence-corrected chi connectivity index (χ1v) is 7.71. The molecule has 0 saturated carbocycles. The van der Waals surface area contributed by atoms with Gasteiger partial charge in [-0.15, -0.1) is 11.8 Å². The highest BCUT2D eigenvalue weighted by atomic mass is 35.5. The molecule has 0 amide bonds. The minimum atomic E-state index is -0.157. The third kappa shape index (κ3) is 5.19. The van der Waals surface area contributed by atoms with E-state index in [4.69, 9.17) is 11.6 Å². The predicted molar refractivity (Wildman–Crippen MR) is 80.6 cm³/mol. The molecule has 2 N–H and O–H groups in total. The number of halogens is 1. The van der Waals surface area contributed by atoms with E-state index in [-0.39, 0.29) is 12.1 Å². The van der Waals surface area contributed by atoms with Crippen molar-refractivity contribution in [3.05, 3.63) is 29.3 Å². The van der Waals surface area contributed by atoms with E-state index in [9.17, 15) is 5.11 Å². The van der Waals surface area contributed by atoms with Crippen LogP contribution in [0.2, 0.25) is 5.02 Å². The fourth-order valence-corrected chi connectivity index (χ4v) is 3.05. The van der Waals surface area contributed by atoms with Crippen LogP contribution in [0.3, 0.4) is 0 Å². The lowest BCUT2D eigenvalue weighted by atomic mass is 9.97. The summed E-state index contributed by atoms with van der Waals surface area (Å²) in [6, 6.07) is 7.91. The molecule has 18 heavy (non-hydrogen) atoms. The van der Waals surface area contributed by atoms with Gasteiger partial charge in [-0.1, -0.05) is 30.7 Å². The normalized spacial score (nSPS) is 14.4. The van der Waals surface area contributed by atoms with Crippen LogP contribution < -0.4 is 5.32 Å². The average Bonchev–Trinajstić information content (AvgIpc) is 2.37. The minimum Gasteiger partial charge on any atom is -0.394 e. The van der Waals surface area contributed by atoms with Crippen LogP contribution in [-0.2, 0) is 0 Å². The Kier molecular flexibility index (Phi) is 7.08. The molecule has 2 nitrogen and oxygen atoms in total. The Balaban J connectivity index is 2.32. The van der Waals surface area contributed by atoms with E-state index in [0.717, 1.165) is 35.1 Å². The van der Waals surface area contributed by atoms with E-state index in [2.05, 4.69) is 19.2 Å². The average molecular weight is 288 g/mol. The number of likely N-dealkylation sites (N-methyl/N-ethyl adjacent to an activating group) is 1. The minimum absolute atomic E-state index is 0.157. The molecule has 0 aromatic heterocycles. The van der Waals surface area contributed by atoms with Crippen LogP contribution in [0.25, 0.3) is 0 Å². The van der Waals surface area contributed by atoms with Crippen LogP contribution >= 0.6 is 23.4 Å². The molecule has 1 unspecified atom stereocenters. The van der Waals surface area contributed by atoms with Crippen LogP contribution in [0.1, 0.15) is 26.7 Å². The number of thioether (sulfide) groups is 1. The van der Waals surface area contributed by atoms with Gasteiger partial charge in [0.2, 0.25) is 0 Å². The van der Waals surface area contributed by atoms with Gasteiger partial charge in [0.1, 0.15) is 0 Å². The molecule has 0 heterocycles. The molecule has 0 radical (unpaired) electrons. The maximum atomic E-state index is 9.39. The number of rotatable bonds is 8. The van der Waals surface area contributed by atoms with Crippen LogP contribution in [0, 0.1) is 0 Å². The number of aliphatic hydroxyl groups is 1. The molecule has 4 heteroatoms. The molecule has 0 aliphatic heterocycles. The molecular weight excluding hydrogens is 266 g/mol. The van der Waals surface area contributed by atoms with Crippen molar-refractivity contribution in [3.63, 3.8) is 0 Å². The fraction of sp³-hybridized carbons (Fsp3) is 0.571. The molecule has 102 valence electrons. The maximum Gasteiger partial charge on any atom is 0.0610 e. The highest BCUT2D eigenvalue weighted by molar-refractivity contribution is 7.99. The third-order valence-corrected chi connectivity index (χ3v) is 4.52. The van der Waals surface area contributed by atoms with E-state index < -0.39 is 0 Å². The Hall–Kier alpha value is -0.220. The van der Waals surface area contributed by atoms with Gasteiger partial charge in [0.05, 0.1) is 11.6 Å². The smallest absolute Gasteiger partial charge is 0.0610 e. The third-order valence-electron chi connectivity index (χ3n) is 2.92. The van der Waals surface area contributed by atoms with Crippen LogP contribution in [0.15, 0.2) is 29.2 Å². The van der Waals surface area contributed by atoms with Crippen molar-refractivity contribution in [2.75, 3.05) is 18.9 Å². The van der Waals surface area contributed by atoms with Crippen molar-refractivity contribution in [1.82, 2.24) is 5.32 Å². The first-order chi connectivity index (χ1) is 8.61. The Bertz CT molecular complexity index is 361. The lowest BCUT2D eigenvalue weighted by molar-refractivity contribution is 0.167. The molecule has 0 aliphatic carbocycles. The van der Waals surface area contributed by atoms with Gasteiger partial charge in [0.25, 0.3) is 0 Å². The molecular formula is C14H22ClNOS. The van der Waals surface area contributed by atoms with Crippen molar-refractivity contribution in [3.8, 4) is 0 Å². The predicted octanol–water partition coefficient (Wildman–Crippen LogP) is 3.57. The molecule has 0 aliphatic rings. The number of hydrogen-bond acceptors (Lipinski definition) is 3. The summed E-state index contributed by atoms with van der Waals surface area (Å²) in [6.45, 7) is 5.19. The van der Waals surface area contributed by atoms with Crippen molar-refractivity contribution >= 4 is 23.4 Å². The van der Waals surface area contributed by atoms with E-state index in [1.54, 1.807) is 11.8 Å². The van der Waals surface area contributed by atoms with Crippen molar-refractivity contribution in [1.29, 1.82) is 0 Å². The van der Waals surface area contributed by atoms with Gasteiger partial charge >= 0.3 is 0 Å². The first-order valence-electron chi connectivity index (χ1n) is 6.34. The zero-order valence-corrected chi connectivity index (χ0v) is 12.7. The summed E-state index contributed by atoms with van der Waals surface area (Å²) in [4.78, 5) is 1.13. The highest BCUT2D eigenvalue weighted by Gasteiger charge is 2.20. The van der Waals surface area contributed by atoms with Gasteiger partial charge in [-0.05, 0) is 44.2 Å². The van der Waals surface area contributed by atoms with Gasteiger partial charge in [-0.25, -0.2) is 0 Å². The second kappa shape index (κ2) is 8.05. The summed E-state index contributed by atoms with van der Waals surface area (Å²) < 4.78 is 0. The SMILES string of the molecule is CCNC(C)(CO)CCCSc1ccccc1Cl. The highest BCUT2D eigenvalue weighted by Crippen LogP contribution is 2.27. The molecule has 1 aromatic rings. The van der Waals surface area contributed by atoms with Gasteiger partial charge in [-0.2, -0.15) is 0 Å². The largest absolute Gasteiger partial charge is 0.394 e. The summed E-state index contributed by atoms with van der Waals surface area (Å²) in [5.41, 5.74) is -0.157. The monoisotopic (exact) mass is 287 g/mol. The Morgan fingerprint density at radius 3 is 2.72 bits per heavy atom. The van der Waals surface area contributed by atoms with E-state index in [1.807, 2.05) is 24.3 Å². The molecule has 0 bridgehead atoms. The number of nitrogens with one attached hydrogen (secondary N) is 1. The standard InChI is InChI=1S/C14H22ClNOS/c1-3-16-14(2,11-17)9-6-10-18-13-8-5-4-7-12(13)15/h4-5,7-8,16-17H,3,6,9-11H2,1-2H3. The van der Waals surface area contributed by atoms with Crippen molar-refractivity contribution < 1.29 is 5.11 Å². The molecule has 0 saturated heterocycles.